The fraction of sp³-hybridized carbons (Fsp3) is 0.300. The molecular weight excluding hydrogens is 366 g/mol. The zero-order chi connectivity index (χ0) is 20.0. The molecule has 4 rings (SSSR count). The second kappa shape index (κ2) is 6.99. The van der Waals surface area contributed by atoms with Crippen molar-refractivity contribution in [1.29, 1.82) is 0 Å². The van der Waals surface area contributed by atoms with Crippen LogP contribution < -0.4 is 5.73 Å². The molecule has 2 aromatic rings. The number of ether oxygens (including phenoxy) is 2. The van der Waals surface area contributed by atoms with Gasteiger partial charge in [0.1, 0.15) is 11.5 Å². The molecule has 3 atom stereocenters. The minimum Gasteiger partial charge on any atom is -0.507 e. The van der Waals surface area contributed by atoms with Gasteiger partial charge in [-0.3, -0.25) is 9.59 Å². The Hall–Kier alpha value is -2.78. The van der Waals surface area contributed by atoms with E-state index in [2.05, 4.69) is 0 Å². The Balaban J connectivity index is 1.60. The molecule has 0 radical (unpaired) electrons. The number of benzene rings is 2. The van der Waals surface area contributed by atoms with E-state index >= 15 is 0 Å². The summed E-state index contributed by atoms with van der Waals surface area (Å²) in [4.78, 5) is 25.5. The monoisotopic (exact) mass is 385 g/mol. The predicted octanol–water partition coefficient (Wildman–Crippen LogP) is 0.824. The Morgan fingerprint density at radius 1 is 1.07 bits per heavy atom. The highest BCUT2D eigenvalue weighted by molar-refractivity contribution is 6.30. The van der Waals surface area contributed by atoms with E-state index in [9.17, 15) is 24.9 Å². The molecule has 146 valence electrons. The molecule has 2 aromatic carbocycles. The molecule has 0 bridgehead atoms. The third-order valence-electron chi connectivity index (χ3n) is 5.01. The molecule has 0 aromatic heterocycles. The second-order valence-corrected chi connectivity index (χ2v) is 6.94. The van der Waals surface area contributed by atoms with Crippen molar-refractivity contribution < 1.29 is 34.4 Å². The van der Waals surface area contributed by atoms with Crippen molar-refractivity contribution in [3.8, 4) is 11.5 Å². The van der Waals surface area contributed by atoms with Crippen LogP contribution in [0.25, 0.3) is 0 Å². The highest BCUT2D eigenvalue weighted by Crippen LogP contribution is 2.37. The molecule has 8 heteroatoms. The number of fused-ring (bicyclic) bond motifs is 2. The maximum atomic E-state index is 12.8. The van der Waals surface area contributed by atoms with Gasteiger partial charge in [0.15, 0.2) is 12.1 Å². The van der Waals surface area contributed by atoms with Crippen molar-refractivity contribution in [2.24, 2.45) is 5.73 Å². The zero-order valence-corrected chi connectivity index (χ0v) is 14.8. The molecular formula is C20H19NO7. The Morgan fingerprint density at radius 2 is 1.82 bits per heavy atom. The van der Waals surface area contributed by atoms with Crippen LogP contribution in [-0.2, 0) is 16.1 Å². The van der Waals surface area contributed by atoms with Crippen molar-refractivity contribution in [3.63, 3.8) is 0 Å². The molecule has 1 heterocycles. The summed E-state index contributed by atoms with van der Waals surface area (Å²) in [5, 5.41) is 29.9. The van der Waals surface area contributed by atoms with Gasteiger partial charge in [0, 0.05) is 23.6 Å². The van der Waals surface area contributed by atoms with E-state index in [1.54, 1.807) is 0 Å². The summed E-state index contributed by atoms with van der Waals surface area (Å²) >= 11 is 0. The van der Waals surface area contributed by atoms with Gasteiger partial charge in [-0.1, -0.05) is 12.1 Å². The lowest BCUT2D eigenvalue weighted by Gasteiger charge is -2.31. The van der Waals surface area contributed by atoms with Crippen LogP contribution in [0.1, 0.15) is 43.8 Å². The number of rotatable bonds is 3. The van der Waals surface area contributed by atoms with Crippen molar-refractivity contribution >= 4 is 11.6 Å². The van der Waals surface area contributed by atoms with E-state index in [4.69, 9.17) is 15.2 Å². The van der Waals surface area contributed by atoms with E-state index in [1.807, 2.05) is 0 Å². The number of hydrogen-bond donors (Lipinski definition) is 4. The fourth-order valence-electron chi connectivity index (χ4n) is 3.51. The Bertz CT molecular complexity index is 971. The molecule has 1 aliphatic heterocycles. The quantitative estimate of drug-likeness (QED) is 0.520. The fourth-order valence-corrected chi connectivity index (χ4v) is 3.51. The van der Waals surface area contributed by atoms with Gasteiger partial charge in [-0.15, -0.1) is 0 Å². The Morgan fingerprint density at radius 3 is 2.57 bits per heavy atom. The average Bonchev–Trinajstić information content (AvgIpc) is 2.66. The zero-order valence-electron chi connectivity index (χ0n) is 14.8. The van der Waals surface area contributed by atoms with Gasteiger partial charge in [0.2, 0.25) is 5.78 Å². The highest BCUT2D eigenvalue weighted by Gasteiger charge is 2.34. The number of aromatic hydroxyl groups is 2. The van der Waals surface area contributed by atoms with Gasteiger partial charge in [0.25, 0.3) is 0 Å². The van der Waals surface area contributed by atoms with E-state index in [1.165, 1.54) is 30.3 Å². The minimum atomic E-state index is -0.743. The maximum absolute atomic E-state index is 12.8. The van der Waals surface area contributed by atoms with E-state index in [-0.39, 0.29) is 47.0 Å². The Labute approximate surface area is 160 Å². The lowest BCUT2D eigenvalue weighted by Crippen LogP contribution is -2.47. The molecule has 1 saturated heterocycles. The van der Waals surface area contributed by atoms with Crippen molar-refractivity contribution in [2.45, 2.75) is 31.5 Å². The molecule has 1 fully saturated rings. The van der Waals surface area contributed by atoms with E-state index < -0.39 is 30.0 Å². The van der Waals surface area contributed by atoms with Gasteiger partial charge >= 0.3 is 0 Å². The normalized spacial score (nSPS) is 24.0. The molecule has 0 amide bonds. The van der Waals surface area contributed by atoms with Crippen molar-refractivity contribution in [2.75, 3.05) is 6.61 Å². The molecule has 2 aliphatic rings. The molecule has 0 saturated carbocycles. The first-order chi connectivity index (χ1) is 13.4. The van der Waals surface area contributed by atoms with E-state index in [0.29, 0.717) is 12.0 Å². The number of carbonyl (C=O) groups excluding carboxylic acids is 2. The standard InChI is InChI=1S/C20H19NO7/c21-12-6-16(28-8-15(12)24)27-7-9-4-11-18(14(23)5-9)20(26)17-10(19(11)25)2-1-3-13(17)22/h1-5,12,15-16,22-24H,6-8,21H2/t12?,15-,16-/m0/s1. The molecule has 1 aliphatic carbocycles. The van der Waals surface area contributed by atoms with Gasteiger partial charge in [0.05, 0.1) is 30.4 Å². The molecule has 8 nitrogen and oxygen atoms in total. The summed E-state index contributed by atoms with van der Waals surface area (Å²) in [5.74, 6) is -1.73. The van der Waals surface area contributed by atoms with Crippen molar-refractivity contribution in [3.05, 3.63) is 58.1 Å². The molecule has 5 N–H and O–H groups in total. The minimum absolute atomic E-state index is 0.0166. The average molecular weight is 385 g/mol. The first kappa shape index (κ1) is 18.6. The second-order valence-electron chi connectivity index (χ2n) is 6.94. The maximum Gasteiger partial charge on any atom is 0.201 e. The van der Waals surface area contributed by atoms with Crippen LogP contribution in [0.5, 0.6) is 11.5 Å². The molecule has 1 unspecified atom stereocenters. The van der Waals surface area contributed by atoms with Gasteiger partial charge in [-0.2, -0.15) is 0 Å². The van der Waals surface area contributed by atoms with Crippen LogP contribution in [0.4, 0.5) is 0 Å². The largest absolute Gasteiger partial charge is 0.507 e. The van der Waals surface area contributed by atoms with Crippen LogP contribution in [0.3, 0.4) is 0 Å². The summed E-state index contributed by atoms with van der Waals surface area (Å²) in [6.07, 6.45) is -1.05. The Kier molecular flexibility index (Phi) is 4.64. The molecule has 0 spiro atoms. The van der Waals surface area contributed by atoms with E-state index in [0.717, 1.165) is 0 Å². The topological polar surface area (TPSA) is 139 Å². The number of aliphatic hydroxyl groups excluding tert-OH is 1. The lowest BCUT2D eigenvalue weighted by molar-refractivity contribution is -0.196. The number of hydrogen-bond acceptors (Lipinski definition) is 8. The number of phenolic OH excluding ortho intramolecular Hbond substituents is 2. The first-order valence-electron chi connectivity index (χ1n) is 8.81. The van der Waals surface area contributed by atoms with Crippen molar-refractivity contribution in [1.82, 2.24) is 0 Å². The SMILES string of the molecule is NC1C[C@@H](OCc2cc(O)c3c(c2)C(=O)c2cccc(O)c2C3=O)OC[C@@H]1O. The number of ketones is 2. The van der Waals surface area contributed by atoms with Crippen LogP contribution in [0.2, 0.25) is 0 Å². The summed E-state index contributed by atoms with van der Waals surface area (Å²) in [7, 11) is 0. The van der Waals surface area contributed by atoms with Gasteiger partial charge in [-0.05, 0) is 23.8 Å². The number of aliphatic hydroxyl groups is 1. The molecule has 28 heavy (non-hydrogen) atoms. The number of phenols is 2. The smallest absolute Gasteiger partial charge is 0.201 e. The van der Waals surface area contributed by atoms with Crippen LogP contribution in [0, 0.1) is 0 Å². The number of nitrogens with two attached hydrogens (primary N) is 1. The summed E-state index contributed by atoms with van der Waals surface area (Å²) in [5.41, 5.74) is 6.16. The van der Waals surface area contributed by atoms with Crippen LogP contribution in [0.15, 0.2) is 30.3 Å². The highest BCUT2D eigenvalue weighted by atomic mass is 16.7. The predicted molar refractivity (Wildman–Crippen MR) is 96.2 cm³/mol. The lowest BCUT2D eigenvalue weighted by atomic mass is 9.82. The number of carbonyl (C=O) groups is 2. The van der Waals surface area contributed by atoms with Crippen LogP contribution >= 0.6 is 0 Å². The summed E-state index contributed by atoms with van der Waals surface area (Å²) < 4.78 is 11.0. The first-order valence-corrected chi connectivity index (χ1v) is 8.81. The third kappa shape index (κ3) is 3.06. The third-order valence-corrected chi connectivity index (χ3v) is 5.01. The van der Waals surface area contributed by atoms with Gasteiger partial charge < -0.3 is 30.5 Å². The van der Waals surface area contributed by atoms with Crippen LogP contribution in [-0.4, -0.2) is 51.9 Å². The summed E-state index contributed by atoms with van der Waals surface area (Å²) in [6, 6.07) is 6.63. The summed E-state index contributed by atoms with van der Waals surface area (Å²) in [6.45, 7) is 0.0806. The van der Waals surface area contributed by atoms with Gasteiger partial charge in [-0.25, -0.2) is 0 Å².